The predicted octanol–water partition coefficient (Wildman–Crippen LogP) is 3.16. The maximum absolute atomic E-state index is 12.6. The van der Waals surface area contributed by atoms with E-state index in [4.69, 9.17) is 0 Å². The van der Waals surface area contributed by atoms with Crippen LogP contribution in [0.2, 0.25) is 0 Å². The van der Waals surface area contributed by atoms with Gasteiger partial charge in [0.15, 0.2) is 5.96 Å². The lowest BCUT2D eigenvalue weighted by molar-refractivity contribution is -0.137. The number of aliphatic imine (C=N–C) groups is 1. The molecule has 0 unspecified atom stereocenters. The van der Waals surface area contributed by atoms with Crippen LogP contribution in [0.4, 0.5) is 13.2 Å². The van der Waals surface area contributed by atoms with E-state index in [1.165, 1.54) is 12.1 Å². The molecule has 0 aliphatic heterocycles. The molecule has 0 aromatic heterocycles. The Bertz CT molecular complexity index is 639. The number of carbonyl (C=O) groups is 1. The van der Waals surface area contributed by atoms with Crippen molar-refractivity contribution < 1.29 is 18.0 Å². The summed E-state index contributed by atoms with van der Waals surface area (Å²) in [6, 6.07) is 5.50. The molecule has 0 saturated heterocycles. The summed E-state index contributed by atoms with van der Waals surface area (Å²) in [5.74, 6) is 0.732. The van der Waals surface area contributed by atoms with Crippen LogP contribution in [-0.2, 0) is 17.5 Å². The van der Waals surface area contributed by atoms with Crippen molar-refractivity contribution in [1.29, 1.82) is 0 Å². The number of nitrogens with zero attached hydrogens (tertiary/aromatic N) is 2. The van der Waals surface area contributed by atoms with E-state index in [0.717, 1.165) is 30.5 Å². The van der Waals surface area contributed by atoms with Crippen LogP contribution in [0.1, 0.15) is 43.7 Å². The highest BCUT2D eigenvalue weighted by atomic mass is 19.4. The van der Waals surface area contributed by atoms with Crippen LogP contribution in [0.5, 0.6) is 0 Å². The van der Waals surface area contributed by atoms with Gasteiger partial charge in [-0.25, -0.2) is 0 Å². The molecule has 8 heteroatoms. The molecular formula is C19H27F3N4O. The molecule has 1 fully saturated rings. The first-order chi connectivity index (χ1) is 12.8. The van der Waals surface area contributed by atoms with Crippen molar-refractivity contribution in [2.75, 3.05) is 20.1 Å². The van der Waals surface area contributed by atoms with Gasteiger partial charge in [0.2, 0.25) is 5.91 Å². The van der Waals surface area contributed by atoms with E-state index in [1.54, 1.807) is 0 Å². The normalized spacial score (nSPS) is 14.8. The van der Waals surface area contributed by atoms with Gasteiger partial charge >= 0.3 is 6.18 Å². The third-order valence-corrected chi connectivity index (χ3v) is 4.16. The molecule has 2 rings (SSSR count). The van der Waals surface area contributed by atoms with Crippen LogP contribution in [0.25, 0.3) is 0 Å². The van der Waals surface area contributed by atoms with Crippen molar-refractivity contribution in [3.05, 3.63) is 35.4 Å². The first-order valence-corrected chi connectivity index (χ1v) is 9.24. The van der Waals surface area contributed by atoms with Gasteiger partial charge in [-0.3, -0.25) is 9.79 Å². The fraction of sp³-hybridized carbons (Fsp3) is 0.579. The van der Waals surface area contributed by atoms with Crippen molar-refractivity contribution in [3.63, 3.8) is 0 Å². The fourth-order valence-corrected chi connectivity index (χ4v) is 2.57. The van der Waals surface area contributed by atoms with Crippen molar-refractivity contribution in [3.8, 4) is 0 Å². The number of hydrogen-bond donors (Lipinski definition) is 2. The van der Waals surface area contributed by atoms with Crippen LogP contribution in [0, 0.1) is 0 Å². The first-order valence-electron chi connectivity index (χ1n) is 9.24. The minimum atomic E-state index is -4.33. The van der Waals surface area contributed by atoms with Gasteiger partial charge in [0.05, 0.1) is 5.56 Å². The summed E-state index contributed by atoms with van der Waals surface area (Å²) >= 11 is 0. The van der Waals surface area contributed by atoms with Gasteiger partial charge in [0, 0.05) is 39.1 Å². The number of guanidine groups is 1. The van der Waals surface area contributed by atoms with E-state index < -0.39 is 11.7 Å². The number of halogens is 3. The molecule has 0 heterocycles. The Balaban J connectivity index is 1.85. The Morgan fingerprint density at radius 2 is 1.93 bits per heavy atom. The van der Waals surface area contributed by atoms with Gasteiger partial charge in [-0.05, 0) is 43.9 Å². The molecule has 0 radical (unpaired) electrons. The average molecular weight is 384 g/mol. The maximum Gasteiger partial charge on any atom is 0.416 e. The van der Waals surface area contributed by atoms with E-state index >= 15 is 0 Å². The molecule has 0 spiro atoms. The molecular weight excluding hydrogens is 357 g/mol. The number of rotatable bonds is 8. The molecule has 1 saturated carbocycles. The summed E-state index contributed by atoms with van der Waals surface area (Å²) in [6.07, 6.45) is -1.08. The zero-order chi connectivity index (χ0) is 19.9. The van der Waals surface area contributed by atoms with E-state index in [1.807, 2.05) is 18.9 Å². The summed E-state index contributed by atoms with van der Waals surface area (Å²) in [6.45, 7) is 3.58. The quantitative estimate of drug-likeness (QED) is 0.411. The molecule has 1 aromatic rings. The van der Waals surface area contributed by atoms with Crippen molar-refractivity contribution >= 4 is 11.9 Å². The molecule has 1 aliphatic rings. The van der Waals surface area contributed by atoms with E-state index in [0.29, 0.717) is 44.5 Å². The number of carbonyl (C=O) groups excluding carboxylic acids is 1. The Labute approximate surface area is 158 Å². The van der Waals surface area contributed by atoms with Crippen molar-refractivity contribution in [2.45, 2.75) is 51.4 Å². The second kappa shape index (κ2) is 9.62. The molecule has 2 N–H and O–H groups in total. The van der Waals surface area contributed by atoms with Gasteiger partial charge < -0.3 is 15.5 Å². The summed E-state index contributed by atoms with van der Waals surface area (Å²) in [5, 5.41) is 6.11. The largest absolute Gasteiger partial charge is 0.416 e. The SMILES string of the molecule is CCNC(=NCCCC(=O)NC1CC1)N(C)Cc1ccc(C(F)(F)F)cc1. The third-order valence-electron chi connectivity index (χ3n) is 4.16. The minimum Gasteiger partial charge on any atom is -0.357 e. The number of amides is 1. The summed E-state index contributed by atoms with van der Waals surface area (Å²) in [7, 11) is 1.83. The van der Waals surface area contributed by atoms with Crippen molar-refractivity contribution in [2.24, 2.45) is 4.99 Å². The van der Waals surface area contributed by atoms with Gasteiger partial charge in [0.25, 0.3) is 0 Å². The second-order valence-corrected chi connectivity index (χ2v) is 6.73. The van der Waals surface area contributed by atoms with Gasteiger partial charge in [0.1, 0.15) is 0 Å². The number of hydrogen-bond acceptors (Lipinski definition) is 2. The second-order valence-electron chi connectivity index (χ2n) is 6.73. The predicted molar refractivity (Wildman–Crippen MR) is 99.3 cm³/mol. The van der Waals surface area contributed by atoms with E-state index in [2.05, 4.69) is 15.6 Å². The van der Waals surface area contributed by atoms with E-state index in [9.17, 15) is 18.0 Å². The number of benzene rings is 1. The Morgan fingerprint density at radius 1 is 1.26 bits per heavy atom. The summed E-state index contributed by atoms with van der Waals surface area (Å²) < 4.78 is 37.9. The van der Waals surface area contributed by atoms with Gasteiger partial charge in [-0.15, -0.1) is 0 Å². The highest BCUT2D eigenvalue weighted by Crippen LogP contribution is 2.29. The van der Waals surface area contributed by atoms with Crippen molar-refractivity contribution in [1.82, 2.24) is 15.5 Å². The average Bonchev–Trinajstić information content (AvgIpc) is 3.41. The molecule has 1 aliphatic carbocycles. The summed E-state index contributed by atoms with van der Waals surface area (Å²) in [5.41, 5.74) is 0.110. The molecule has 5 nitrogen and oxygen atoms in total. The lowest BCUT2D eigenvalue weighted by Gasteiger charge is -2.22. The Kier molecular flexibility index (Phi) is 7.50. The lowest BCUT2D eigenvalue weighted by atomic mass is 10.1. The smallest absolute Gasteiger partial charge is 0.357 e. The van der Waals surface area contributed by atoms with Crippen LogP contribution in [0.15, 0.2) is 29.3 Å². The van der Waals surface area contributed by atoms with Gasteiger partial charge in [-0.1, -0.05) is 12.1 Å². The molecule has 0 atom stereocenters. The van der Waals surface area contributed by atoms with Crippen LogP contribution in [-0.4, -0.2) is 42.9 Å². The molecule has 1 aromatic carbocycles. The molecule has 150 valence electrons. The van der Waals surface area contributed by atoms with E-state index in [-0.39, 0.29) is 5.91 Å². The zero-order valence-corrected chi connectivity index (χ0v) is 15.8. The van der Waals surface area contributed by atoms with Crippen LogP contribution in [0.3, 0.4) is 0 Å². The monoisotopic (exact) mass is 384 g/mol. The Hall–Kier alpha value is -2.25. The highest BCUT2D eigenvalue weighted by Gasteiger charge is 2.30. The zero-order valence-electron chi connectivity index (χ0n) is 15.8. The minimum absolute atomic E-state index is 0.0656. The number of nitrogens with one attached hydrogen (secondary N) is 2. The third kappa shape index (κ3) is 7.48. The van der Waals surface area contributed by atoms with Crippen LogP contribution >= 0.6 is 0 Å². The molecule has 27 heavy (non-hydrogen) atoms. The highest BCUT2D eigenvalue weighted by molar-refractivity contribution is 5.80. The Morgan fingerprint density at radius 3 is 2.48 bits per heavy atom. The first kappa shape index (κ1) is 21.1. The van der Waals surface area contributed by atoms with Gasteiger partial charge in [-0.2, -0.15) is 13.2 Å². The molecule has 0 bridgehead atoms. The fourth-order valence-electron chi connectivity index (χ4n) is 2.57. The maximum atomic E-state index is 12.6. The molecule has 1 amide bonds. The number of alkyl halides is 3. The lowest BCUT2D eigenvalue weighted by Crippen LogP contribution is -2.38. The summed E-state index contributed by atoms with van der Waals surface area (Å²) in [4.78, 5) is 18.0. The topological polar surface area (TPSA) is 56.7 Å². The van der Waals surface area contributed by atoms with Crippen LogP contribution < -0.4 is 10.6 Å². The standard InChI is InChI=1S/C19H27F3N4O/c1-3-23-18(24-12-4-5-17(27)25-16-10-11-16)26(2)13-14-6-8-15(9-7-14)19(20,21)22/h6-9,16H,3-5,10-13H2,1-2H3,(H,23,24)(H,25,27).